The fraction of sp³-hybridized carbons (Fsp3) is 0.250. The van der Waals surface area contributed by atoms with Gasteiger partial charge in [0.15, 0.2) is 0 Å². The van der Waals surface area contributed by atoms with Crippen molar-refractivity contribution in [1.82, 2.24) is 14.8 Å². The minimum Gasteiger partial charge on any atom is -0.338 e. The van der Waals surface area contributed by atoms with Crippen molar-refractivity contribution in [3.8, 4) is 0 Å². The fourth-order valence-electron chi connectivity index (χ4n) is 2.87. The summed E-state index contributed by atoms with van der Waals surface area (Å²) in [6.45, 7) is 1.37. The number of anilines is 1. The fourth-order valence-corrected chi connectivity index (χ4v) is 3.07. The van der Waals surface area contributed by atoms with Gasteiger partial charge in [-0.3, -0.25) is 14.5 Å². The summed E-state index contributed by atoms with van der Waals surface area (Å²) in [5.41, 5.74) is 2.62. The summed E-state index contributed by atoms with van der Waals surface area (Å²) in [4.78, 5) is 31.9. The second-order valence-corrected chi connectivity index (χ2v) is 7.02. The second-order valence-electron chi connectivity index (χ2n) is 6.62. The SMILES string of the molecule is CN1CC(=O)Nc2ncc(/C=C/C(=O)N(C)Cc3ccccc3Cl)cc2C1.Cl. The summed E-state index contributed by atoms with van der Waals surface area (Å²) in [7, 11) is 3.61. The molecule has 0 saturated heterocycles. The molecule has 0 bridgehead atoms. The van der Waals surface area contributed by atoms with E-state index in [1.165, 1.54) is 6.08 Å². The van der Waals surface area contributed by atoms with E-state index in [0.29, 0.717) is 30.5 Å². The van der Waals surface area contributed by atoms with Gasteiger partial charge in [-0.05, 0) is 36.4 Å². The second kappa shape index (κ2) is 9.68. The van der Waals surface area contributed by atoms with Crippen LogP contribution in [-0.4, -0.2) is 47.2 Å². The third kappa shape index (κ3) is 5.55. The molecule has 2 heterocycles. The number of aromatic nitrogens is 1. The molecule has 8 heteroatoms. The van der Waals surface area contributed by atoms with E-state index in [9.17, 15) is 9.59 Å². The Labute approximate surface area is 175 Å². The lowest BCUT2D eigenvalue weighted by molar-refractivity contribution is -0.125. The van der Waals surface area contributed by atoms with Gasteiger partial charge in [0, 0.05) is 43.0 Å². The van der Waals surface area contributed by atoms with Crippen LogP contribution in [0.3, 0.4) is 0 Å². The maximum Gasteiger partial charge on any atom is 0.246 e. The molecule has 0 fully saturated rings. The average Bonchev–Trinajstić information content (AvgIpc) is 2.77. The average molecular weight is 421 g/mol. The molecule has 1 aliphatic rings. The Hall–Kier alpha value is -2.41. The monoisotopic (exact) mass is 420 g/mol. The molecular weight excluding hydrogens is 399 g/mol. The zero-order chi connectivity index (χ0) is 19.4. The van der Waals surface area contributed by atoms with Crippen molar-refractivity contribution in [2.75, 3.05) is 26.0 Å². The Bertz CT molecular complexity index is 902. The number of carbonyl (C=O) groups is 2. The highest BCUT2D eigenvalue weighted by Crippen LogP contribution is 2.20. The summed E-state index contributed by atoms with van der Waals surface area (Å²) in [5, 5.41) is 3.43. The molecule has 0 unspecified atom stereocenters. The maximum atomic E-state index is 12.4. The van der Waals surface area contributed by atoms with Gasteiger partial charge in [-0.2, -0.15) is 0 Å². The van der Waals surface area contributed by atoms with Crippen molar-refractivity contribution in [2.45, 2.75) is 13.1 Å². The number of hydrogen-bond acceptors (Lipinski definition) is 4. The molecule has 1 N–H and O–H groups in total. The number of nitrogens with one attached hydrogen (secondary N) is 1. The molecule has 148 valence electrons. The summed E-state index contributed by atoms with van der Waals surface area (Å²) in [6.07, 6.45) is 4.88. The zero-order valence-corrected chi connectivity index (χ0v) is 17.3. The summed E-state index contributed by atoms with van der Waals surface area (Å²) in [5.74, 6) is 0.363. The van der Waals surface area contributed by atoms with Crippen molar-refractivity contribution >= 4 is 47.7 Å². The quantitative estimate of drug-likeness (QED) is 0.771. The van der Waals surface area contributed by atoms with Crippen molar-refractivity contribution in [3.05, 3.63) is 64.3 Å². The molecule has 2 amide bonds. The van der Waals surface area contributed by atoms with Crippen LogP contribution in [0.4, 0.5) is 5.82 Å². The third-order valence-corrected chi connectivity index (χ3v) is 4.63. The van der Waals surface area contributed by atoms with E-state index >= 15 is 0 Å². The lowest BCUT2D eigenvalue weighted by Crippen LogP contribution is -2.26. The van der Waals surface area contributed by atoms with Crippen molar-refractivity contribution in [1.29, 1.82) is 0 Å². The lowest BCUT2D eigenvalue weighted by Gasteiger charge is -2.16. The minimum absolute atomic E-state index is 0. The van der Waals surface area contributed by atoms with Crippen LogP contribution in [0.1, 0.15) is 16.7 Å². The highest BCUT2D eigenvalue weighted by atomic mass is 35.5. The van der Waals surface area contributed by atoms with Gasteiger partial charge in [-0.1, -0.05) is 29.8 Å². The predicted molar refractivity (Wildman–Crippen MR) is 113 cm³/mol. The van der Waals surface area contributed by atoms with Crippen LogP contribution >= 0.6 is 24.0 Å². The molecule has 6 nitrogen and oxygen atoms in total. The van der Waals surface area contributed by atoms with Gasteiger partial charge in [0.1, 0.15) is 5.82 Å². The Kier molecular flexibility index (Phi) is 7.57. The molecular formula is C20H22Cl2N4O2. The first kappa shape index (κ1) is 21.9. The normalized spacial score (nSPS) is 14.0. The van der Waals surface area contributed by atoms with E-state index in [-0.39, 0.29) is 24.2 Å². The number of fused-ring (bicyclic) bond motifs is 1. The molecule has 28 heavy (non-hydrogen) atoms. The van der Waals surface area contributed by atoms with Gasteiger partial charge in [0.25, 0.3) is 0 Å². The molecule has 0 saturated carbocycles. The minimum atomic E-state index is -0.129. The Morgan fingerprint density at radius 1 is 1.36 bits per heavy atom. The number of nitrogens with zero attached hydrogens (tertiary/aromatic N) is 3. The van der Waals surface area contributed by atoms with Crippen LogP contribution in [0.2, 0.25) is 5.02 Å². The van der Waals surface area contributed by atoms with E-state index in [1.807, 2.05) is 42.3 Å². The first-order valence-electron chi connectivity index (χ1n) is 8.56. The van der Waals surface area contributed by atoms with Gasteiger partial charge < -0.3 is 10.2 Å². The van der Waals surface area contributed by atoms with E-state index in [2.05, 4.69) is 10.3 Å². The van der Waals surface area contributed by atoms with Crippen LogP contribution in [0.25, 0.3) is 6.08 Å². The molecule has 0 spiro atoms. The van der Waals surface area contributed by atoms with Crippen LogP contribution in [0, 0.1) is 0 Å². The van der Waals surface area contributed by atoms with E-state index in [1.54, 1.807) is 24.2 Å². The Morgan fingerprint density at radius 3 is 2.86 bits per heavy atom. The van der Waals surface area contributed by atoms with Gasteiger partial charge in [0.05, 0.1) is 6.54 Å². The third-order valence-electron chi connectivity index (χ3n) is 4.26. The van der Waals surface area contributed by atoms with Crippen LogP contribution in [0.5, 0.6) is 0 Å². The Morgan fingerprint density at radius 2 is 2.11 bits per heavy atom. The maximum absolute atomic E-state index is 12.4. The van der Waals surface area contributed by atoms with Crippen molar-refractivity contribution < 1.29 is 9.59 Å². The summed E-state index contributed by atoms with van der Waals surface area (Å²) in [6, 6.07) is 9.40. The number of rotatable bonds is 4. The molecule has 1 aromatic carbocycles. The molecule has 0 atom stereocenters. The topological polar surface area (TPSA) is 65.5 Å². The largest absolute Gasteiger partial charge is 0.338 e. The van der Waals surface area contributed by atoms with Crippen molar-refractivity contribution in [3.63, 3.8) is 0 Å². The predicted octanol–water partition coefficient (Wildman–Crippen LogP) is 3.21. The Balaban J connectivity index is 0.00000280. The first-order valence-corrected chi connectivity index (χ1v) is 8.94. The number of halogens is 2. The molecule has 1 aromatic heterocycles. The van der Waals surface area contributed by atoms with Gasteiger partial charge in [0.2, 0.25) is 11.8 Å². The van der Waals surface area contributed by atoms with Crippen molar-refractivity contribution in [2.24, 2.45) is 0 Å². The van der Waals surface area contributed by atoms with Gasteiger partial charge in [-0.25, -0.2) is 4.98 Å². The number of hydrogen-bond donors (Lipinski definition) is 1. The lowest BCUT2D eigenvalue weighted by atomic mass is 10.1. The van der Waals surface area contributed by atoms with E-state index in [4.69, 9.17) is 11.6 Å². The number of likely N-dealkylation sites (N-methyl/N-ethyl adjacent to an activating group) is 2. The van der Waals surface area contributed by atoms with E-state index in [0.717, 1.165) is 16.7 Å². The number of amides is 2. The number of pyridine rings is 1. The standard InChI is InChI=1S/C20H21ClN4O2.ClH/c1-24-11-16-9-14(10-22-20(16)23-18(26)13-24)7-8-19(27)25(2)12-15-5-3-4-6-17(15)21;/h3-10H,11-13H2,1-2H3,(H,22,23,26);1H/b8-7+;. The summed E-state index contributed by atoms with van der Waals surface area (Å²) >= 11 is 6.15. The molecule has 3 rings (SSSR count). The zero-order valence-electron chi connectivity index (χ0n) is 15.7. The smallest absolute Gasteiger partial charge is 0.246 e. The van der Waals surface area contributed by atoms with Crippen LogP contribution in [-0.2, 0) is 22.7 Å². The first-order chi connectivity index (χ1) is 12.9. The molecule has 0 aliphatic carbocycles. The van der Waals surface area contributed by atoms with E-state index < -0.39 is 0 Å². The number of carbonyl (C=O) groups excluding carboxylic acids is 2. The van der Waals surface area contributed by atoms with Gasteiger partial charge in [-0.15, -0.1) is 12.4 Å². The molecule has 1 aliphatic heterocycles. The highest BCUT2D eigenvalue weighted by molar-refractivity contribution is 6.31. The van der Waals surface area contributed by atoms with Crippen LogP contribution in [0.15, 0.2) is 42.6 Å². The highest BCUT2D eigenvalue weighted by Gasteiger charge is 2.17. The number of benzene rings is 1. The molecule has 0 radical (unpaired) electrons. The van der Waals surface area contributed by atoms with Crippen LogP contribution < -0.4 is 5.32 Å². The van der Waals surface area contributed by atoms with Gasteiger partial charge >= 0.3 is 0 Å². The molecule has 2 aromatic rings. The summed E-state index contributed by atoms with van der Waals surface area (Å²) < 4.78 is 0.